The molecular weight excluding hydrogens is 138 g/mol. The van der Waals surface area contributed by atoms with Gasteiger partial charge in [-0.05, 0) is 30.7 Å². The topological polar surface area (TPSA) is 32.3 Å². The normalized spacial score (nSPS) is 22.7. The molecule has 0 amide bonds. The third-order valence-electron chi connectivity index (χ3n) is 2.10. The Hall–Kier alpha value is -1.02. The maximum atomic E-state index is 9.15. The molecule has 1 aliphatic rings. The molecule has 0 spiro atoms. The highest BCUT2D eigenvalue weighted by Gasteiger charge is 2.17. The highest BCUT2D eigenvalue weighted by molar-refractivity contribution is 5.30. The van der Waals surface area contributed by atoms with Crippen LogP contribution in [0.2, 0.25) is 0 Å². The Labute approximate surface area is 65.9 Å². The summed E-state index contributed by atoms with van der Waals surface area (Å²) < 4.78 is 0. The van der Waals surface area contributed by atoms with Gasteiger partial charge in [-0.2, -0.15) is 0 Å². The Morgan fingerprint density at radius 1 is 1.45 bits per heavy atom. The zero-order chi connectivity index (χ0) is 7.68. The molecule has 58 valence electrons. The van der Waals surface area contributed by atoms with Gasteiger partial charge in [0.25, 0.3) is 0 Å². The van der Waals surface area contributed by atoms with E-state index in [4.69, 9.17) is 5.11 Å². The summed E-state index contributed by atoms with van der Waals surface area (Å²) in [6.45, 7) is 1.10. The Kier molecular flexibility index (Phi) is 1.55. The molecular formula is C9H11NO. The van der Waals surface area contributed by atoms with Gasteiger partial charge >= 0.3 is 0 Å². The summed E-state index contributed by atoms with van der Waals surface area (Å²) in [5.41, 5.74) is 1.19. The molecule has 2 N–H and O–H groups in total. The van der Waals surface area contributed by atoms with Crippen LogP contribution in [0, 0.1) is 0 Å². The van der Waals surface area contributed by atoms with Crippen LogP contribution in [0.15, 0.2) is 24.3 Å². The van der Waals surface area contributed by atoms with Crippen LogP contribution in [0.1, 0.15) is 18.0 Å². The van der Waals surface area contributed by atoms with Crippen LogP contribution in [-0.4, -0.2) is 11.7 Å². The lowest BCUT2D eigenvalue weighted by Gasteiger charge is -2.27. The molecule has 0 aliphatic carbocycles. The summed E-state index contributed by atoms with van der Waals surface area (Å²) in [5.74, 6) is 0.358. The lowest BCUT2D eigenvalue weighted by Crippen LogP contribution is -2.34. The fourth-order valence-corrected chi connectivity index (χ4v) is 1.31. The average molecular weight is 149 g/mol. The largest absolute Gasteiger partial charge is 0.508 e. The van der Waals surface area contributed by atoms with Gasteiger partial charge in [-0.1, -0.05) is 12.1 Å². The van der Waals surface area contributed by atoms with E-state index < -0.39 is 0 Å². The van der Waals surface area contributed by atoms with Gasteiger partial charge in [0.1, 0.15) is 5.75 Å². The first-order valence-electron chi connectivity index (χ1n) is 3.88. The maximum absolute atomic E-state index is 9.15. The van der Waals surface area contributed by atoms with Crippen LogP contribution in [0.4, 0.5) is 0 Å². The monoisotopic (exact) mass is 149 g/mol. The number of nitrogens with one attached hydrogen (secondary N) is 1. The lowest BCUT2D eigenvalue weighted by molar-refractivity contribution is 0.381. The van der Waals surface area contributed by atoms with E-state index in [1.54, 1.807) is 6.07 Å². The van der Waals surface area contributed by atoms with Gasteiger partial charge in [0.15, 0.2) is 0 Å². The quantitative estimate of drug-likeness (QED) is 0.633. The lowest BCUT2D eigenvalue weighted by atomic mass is 9.98. The highest BCUT2D eigenvalue weighted by atomic mass is 16.3. The van der Waals surface area contributed by atoms with Crippen molar-refractivity contribution < 1.29 is 5.11 Å². The Morgan fingerprint density at radius 2 is 2.27 bits per heavy atom. The molecule has 1 aromatic rings. The molecule has 11 heavy (non-hydrogen) atoms. The van der Waals surface area contributed by atoms with Gasteiger partial charge in [-0.15, -0.1) is 0 Å². The summed E-state index contributed by atoms with van der Waals surface area (Å²) in [4.78, 5) is 0. The number of benzene rings is 1. The van der Waals surface area contributed by atoms with E-state index in [0.717, 1.165) is 6.54 Å². The zero-order valence-electron chi connectivity index (χ0n) is 6.25. The highest BCUT2D eigenvalue weighted by Crippen LogP contribution is 2.24. The van der Waals surface area contributed by atoms with Gasteiger partial charge in [-0.25, -0.2) is 0 Å². The van der Waals surface area contributed by atoms with E-state index in [2.05, 4.69) is 5.32 Å². The third kappa shape index (κ3) is 1.21. The smallest absolute Gasteiger partial charge is 0.115 e. The molecule has 0 radical (unpaired) electrons. The van der Waals surface area contributed by atoms with E-state index >= 15 is 0 Å². The fourth-order valence-electron chi connectivity index (χ4n) is 1.31. The number of aromatic hydroxyl groups is 1. The minimum Gasteiger partial charge on any atom is -0.508 e. The van der Waals surface area contributed by atoms with Gasteiger partial charge in [0, 0.05) is 6.04 Å². The molecule has 1 saturated heterocycles. The van der Waals surface area contributed by atoms with Crippen LogP contribution in [0.3, 0.4) is 0 Å². The van der Waals surface area contributed by atoms with Crippen molar-refractivity contribution in [3.63, 3.8) is 0 Å². The number of rotatable bonds is 1. The van der Waals surface area contributed by atoms with Crippen LogP contribution in [-0.2, 0) is 0 Å². The molecule has 2 rings (SSSR count). The molecule has 1 atom stereocenters. The summed E-state index contributed by atoms with van der Waals surface area (Å²) in [6, 6.07) is 7.90. The van der Waals surface area contributed by atoms with Gasteiger partial charge in [0.05, 0.1) is 0 Å². The molecule has 0 bridgehead atoms. The zero-order valence-corrected chi connectivity index (χ0v) is 6.25. The SMILES string of the molecule is Oc1cccc(C2CCN2)c1. The van der Waals surface area contributed by atoms with E-state index in [9.17, 15) is 0 Å². The van der Waals surface area contributed by atoms with Crippen LogP contribution in [0.5, 0.6) is 5.75 Å². The van der Waals surface area contributed by atoms with Crippen LogP contribution in [0.25, 0.3) is 0 Å². The van der Waals surface area contributed by atoms with E-state index in [1.165, 1.54) is 12.0 Å². The van der Waals surface area contributed by atoms with Crippen molar-refractivity contribution in [3.05, 3.63) is 29.8 Å². The standard InChI is InChI=1S/C9H11NO/c11-8-3-1-2-7(6-8)9-4-5-10-9/h1-3,6,9-11H,4-5H2. The van der Waals surface area contributed by atoms with Gasteiger partial charge in [-0.3, -0.25) is 0 Å². The second-order valence-electron chi connectivity index (χ2n) is 2.89. The number of hydrogen-bond donors (Lipinski definition) is 2. The molecule has 0 aromatic heterocycles. The first-order valence-corrected chi connectivity index (χ1v) is 3.88. The van der Waals surface area contributed by atoms with Gasteiger partial charge in [0.2, 0.25) is 0 Å². The van der Waals surface area contributed by atoms with Crippen molar-refractivity contribution in [1.82, 2.24) is 5.32 Å². The predicted octanol–water partition coefficient (Wildman–Crippen LogP) is 1.43. The van der Waals surface area contributed by atoms with E-state index in [1.807, 2.05) is 18.2 Å². The van der Waals surface area contributed by atoms with E-state index in [-0.39, 0.29) is 0 Å². The Bertz CT molecular complexity index is 255. The molecule has 2 heteroatoms. The predicted molar refractivity (Wildman–Crippen MR) is 43.5 cm³/mol. The second kappa shape index (κ2) is 2.55. The summed E-state index contributed by atoms with van der Waals surface area (Å²) in [7, 11) is 0. The van der Waals surface area contributed by atoms with Crippen molar-refractivity contribution in [2.75, 3.05) is 6.54 Å². The van der Waals surface area contributed by atoms with Crippen molar-refractivity contribution in [3.8, 4) is 5.75 Å². The second-order valence-corrected chi connectivity index (χ2v) is 2.89. The summed E-state index contributed by atoms with van der Waals surface area (Å²) >= 11 is 0. The number of phenolic OH excluding ortho intramolecular Hbond substituents is 1. The average Bonchev–Trinajstić information content (AvgIpc) is 1.83. The van der Waals surface area contributed by atoms with Gasteiger partial charge < -0.3 is 10.4 Å². The minimum absolute atomic E-state index is 0.358. The van der Waals surface area contributed by atoms with Crippen molar-refractivity contribution in [2.24, 2.45) is 0 Å². The van der Waals surface area contributed by atoms with Crippen molar-refractivity contribution in [1.29, 1.82) is 0 Å². The molecule has 1 heterocycles. The Morgan fingerprint density at radius 3 is 2.82 bits per heavy atom. The number of hydrogen-bond acceptors (Lipinski definition) is 2. The van der Waals surface area contributed by atoms with Crippen molar-refractivity contribution >= 4 is 0 Å². The molecule has 1 aliphatic heterocycles. The van der Waals surface area contributed by atoms with Crippen molar-refractivity contribution in [2.45, 2.75) is 12.5 Å². The van der Waals surface area contributed by atoms with Crippen LogP contribution < -0.4 is 5.32 Å². The van der Waals surface area contributed by atoms with E-state index in [0.29, 0.717) is 11.8 Å². The summed E-state index contributed by atoms with van der Waals surface area (Å²) in [5, 5.41) is 12.4. The Balaban J connectivity index is 2.23. The summed E-state index contributed by atoms with van der Waals surface area (Å²) in [6.07, 6.45) is 1.18. The minimum atomic E-state index is 0.358. The van der Waals surface area contributed by atoms with Crippen LogP contribution >= 0.6 is 0 Å². The maximum Gasteiger partial charge on any atom is 0.115 e. The first-order chi connectivity index (χ1) is 5.36. The molecule has 0 saturated carbocycles. The molecule has 2 nitrogen and oxygen atoms in total. The first kappa shape index (κ1) is 6.68. The molecule has 1 aromatic carbocycles. The molecule has 1 fully saturated rings. The molecule has 1 unspecified atom stereocenters. The third-order valence-corrected chi connectivity index (χ3v) is 2.10. The number of phenols is 1. The fraction of sp³-hybridized carbons (Fsp3) is 0.333.